The van der Waals surface area contributed by atoms with Crippen LogP contribution in [0.2, 0.25) is 0 Å². The topological polar surface area (TPSA) is 19.4 Å². The fourth-order valence-electron chi connectivity index (χ4n) is 2.68. The van der Waals surface area contributed by atoms with Gasteiger partial charge in [-0.2, -0.15) is 9.34 Å². The summed E-state index contributed by atoms with van der Waals surface area (Å²) in [6.07, 6.45) is 3.83. The average molecular weight is 268 g/mol. The van der Waals surface area contributed by atoms with E-state index in [1.54, 1.807) is 0 Å². The second-order valence-corrected chi connectivity index (χ2v) is 7.87. The molecule has 1 heterocycles. The monoisotopic (exact) mass is 268 g/mol. The van der Waals surface area contributed by atoms with Gasteiger partial charge in [-0.1, -0.05) is 0 Å². The highest BCUT2D eigenvalue weighted by Gasteiger charge is 2.45. The quantitative estimate of drug-likeness (QED) is 0.709. The van der Waals surface area contributed by atoms with E-state index in [1.165, 1.54) is 5.30 Å². The number of rotatable bonds is 7. The summed E-state index contributed by atoms with van der Waals surface area (Å²) in [4.78, 5) is 4.16. The molecule has 0 bridgehead atoms. The van der Waals surface area contributed by atoms with Gasteiger partial charge in [0, 0.05) is 50.7 Å². The molecule has 0 unspecified atom stereocenters. The molecule has 18 heavy (non-hydrogen) atoms. The maximum atomic E-state index is 4.16. The van der Waals surface area contributed by atoms with Crippen LogP contribution in [0, 0.1) is 0 Å². The molecule has 0 N–H and O–H groups in total. The van der Waals surface area contributed by atoms with Crippen LogP contribution in [0.1, 0.15) is 27.7 Å². The van der Waals surface area contributed by atoms with Gasteiger partial charge in [0.05, 0.1) is 6.66 Å². The summed E-state index contributed by atoms with van der Waals surface area (Å²) in [5.74, 6) is 0. The Morgan fingerprint density at radius 3 is 1.61 bits per heavy atom. The molecule has 0 aromatic carbocycles. The summed E-state index contributed by atoms with van der Waals surface area (Å²) >= 11 is 0. The van der Waals surface area contributed by atoms with E-state index in [1.807, 2.05) is 12.4 Å². The summed E-state index contributed by atoms with van der Waals surface area (Å²) in [6.45, 7) is 15.8. The van der Waals surface area contributed by atoms with Gasteiger partial charge in [-0.25, -0.2) is 0 Å². The Hall–Kier alpha value is -0.500. The van der Waals surface area contributed by atoms with Crippen LogP contribution in [0.25, 0.3) is 0 Å². The molecule has 0 radical (unpaired) electrons. The minimum Gasteiger partial charge on any atom is -0.264 e. The van der Waals surface area contributed by atoms with Gasteiger partial charge in [0.15, 0.2) is 7.56 Å². The second-order valence-electron chi connectivity index (χ2n) is 4.40. The smallest absolute Gasteiger partial charge is 0.182 e. The van der Waals surface area contributed by atoms with Gasteiger partial charge in [0.1, 0.15) is 5.30 Å². The maximum absolute atomic E-state index is 4.16. The van der Waals surface area contributed by atoms with Crippen LogP contribution in [-0.2, 0) is 0 Å². The number of hydrogen-bond donors (Lipinski definition) is 0. The first kappa shape index (κ1) is 15.6. The van der Waals surface area contributed by atoms with Crippen LogP contribution >= 0.6 is 7.56 Å². The van der Waals surface area contributed by atoms with Crippen LogP contribution in [0.15, 0.2) is 24.5 Å². The van der Waals surface area contributed by atoms with Gasteiger partial charge in [0.2, 0.25) is 0 Å². The van der Waals surface area contributed by atoms with E-state index in [-0.39, 0.29) is 0 Å². The minimum atomic E-state index is -1.42. The van der Waals surface area contributed by atoms with E-state index in [0.717, 1.165) is 26.2 Å². The van der Waals surface area contributed by atoms with E-state index < -0.39 is 7.56 Å². The number of hydrogen-bond acceptors (Lipinski definition) is 3. The summed E-state index contributed by atoms with van der Waals surface area (Å²) in [7, 11) is -1.42. The van der Waals surface area contributed by atoms with Crippen molar-refractivity contribution in [1.82, 2.24) is 14.3 Å². The highest BCUT2D eigenvalue weighted by molar-refractivity contribution is 7.78. The maximum Gasteiger partial charge on any atom is 0.182 e. The second kappa shape index (κ2) is 7.18. The summed E-state index contributed by atoms with van der Waals surface area (Å²) in [6, 6.07) is 4.37. The molecule has 4 heteroatoms. The lowest BCUT2D eigenvalue weighted by atomic mass is 10.5. The number of nitrogens with zero attached hydrogens (tertiary/aromatic N) is 3. The van der Waals surface area contributed by atoms with Crippen molar-refractivity contribution in [3.63, 3.8) is 0 Å². The highest BCUT2D eigenvalue weighted by atomic mass is 31.2. The Morgan fingerprint density at radius 2 is 1.28 bits per heavy atom. The van der Waals surface area contributed by atoms with Crippen LogP contribution in [-0.4, -0.2) is 47.2 Å². The Labute approximate surface area is 113 Å². The zero-order valence-corrected chi connectivity index (χ0v) is 13.3. The van der Waals surface area contributed by atoms with Crippen LogP contribution in [0.3, 0.4) is 0 Å². The molecule has 0 atom stereocenters. The van der Waals surface area contributed by atoms with E-state index in [9.17, 15) is 0 Å². The van der Waals surface area contributed by atoms with E-state index in [2.05, 4.69) is 60.8 Å². The fourth-order valence-corrected chi connectivity index (χ4v) is 6.59. The Bertz CT molecular complexity index is 322. The van der Waals surface area contributed by atoms with Crippen LogP contribution in [0.5, 0.6) is 0 Å². The number of aromatic nitrogens is 1. The van der Waals surface area contributed by atoms with Gasteiger partial charge in [0.25, 0.3) is 0 Å². The fraction of sp³-hybridized carbons (Fsp3) is 0.643. The van der Waals surface area contributed by atoms with Gasteiger partial charge >= 0.3 is 0 Å². The molecule has 0 aliphatic rings. The van der Waals surface area contributed by atoms with Crippen molar-refractivity contribution < 1.29 is 0 Å². The van der Waals surface area contributed by atoms with Gasteiger partial charge < -0.3 is 0 Å². The Balaban J connectivity index is 3.24. The standard InChI is InChI=1S/C14H27N3P/c1-6-16(7-2)18(5,17(8-3)9-4)14-10-12-15-13-11-14/h10-13H,6-9H2,1-5H3/q+1. The largest absolute Gasteiger partial charge is 0.264 e. The van der Waals surface area contributed by atoms with E-state index in [0.29, 0.717) is 0 Å². The lowest BCUT2D eigenvalue weighted by molar-refractivity contribution is 0.417. The van der Waals surface area contributed by atoms with Crippen molar-refractivity contribution in [2.24, 2.45) is 0 Å². The van der Waals surface area contributed by atoms with Crippen molar-refractivity contribution in [2.45, 2.75) is 27.7 Å². The van der Waals surface area contributed by atoms with Gasteiger partial charge in [-0.05, 0) is 27.7 Å². The van der Waals surface area contributed by atoms with Crippen LogP contribution in [0.4, 0.5) is 0 Å². The first-order chi connectivity index (χ1) is 8.64. The summed E-state index contributed by atoms with van der Waals surface area (Å²) in [5.41, 5.74) is 0. The molecular formula is C14H27N3P+. The van der Waals surface area contributed by atoms with Gasteiger partial charge in [-0.15, -0.1) is 0 Å². The number of pyridine rings is 1. The Morgan fingerprint density at radius 1 is 0.889 bits per heavy atom. The zero-order chi connectivity index (χ0) is 13.6. The molecule has 3 nitrogen and oxygen atoms in total. The molecule has 102 valence electrons. The highest BCUT2D eigenvalue weighted by Crippen LogP contribution is 2.59. The third-order valence-corrected chi connectivity index (χ3v) is 8.32. The first-order valence-corrected chi connectivity index (χ1v) is 9.07. The Kier molecular flexibility index (Phi) is 6.20. The summed E-state index contributed by atoms with van der Waals surface area (Å²) < 4.78 is 5.24. The molecule has 0 aliphatic heterocycles. The van der Waals surface area contributed by atoms with Crippen molar-refractivity contribution in [2.75, 3.05) is 32.8 Å². The third-order valence-electron chi connectivity index (χ3n) is 3.71. The van der Waals surface area contributed by atoms with Crippen LogP contribution < -0.4 is 5.30 Å². The average Bonchev–Trinajstić information content (AvgIpc) is 2.42. The lowest BCUT2D eigenvalue weighted by Crippen LogP contribution is -2.41. The predicted molar refractivity (Wildman–Crippen MR) is 82.6 cm³/mol. The molecule has 0 fully saturated rings. The molecule has 0 saturated carbocycles. The zero-order valence-electron chi connectivity index (χ0n) is 12.4. The van der Waals surface area contributed by atoms with Crippen molar-refractivity contribution in [3.8, 4) is 0 Å². The molecule has 1 rings (SSSR count). The molecule has 0 amide bonds. The molecule has 1 aromatic rings. The molecular weight excluding hydrogens is 241 g/mol. The molecule has 0 aliphatic carbocycles. The van der Waals surface area contributed by atoms with E-state index >= 15 is 0 Å². The predicted octanol–water partition coefficient (Wildman–Crippen LogP) is 2.87. The molecule has 1 aromatic heterocycles. The lowest BCUT2D eigenvalue weighted by Gasteiger charge is -2.39. The van der Waals surface area contributed by atoms with E-state index in [4.69, 9.17) is 0 Å². The van der Waals surface area contributed by atoms with Crippen molar-refractivity contribution in [1.29, 1.82) is 0 Å². The molecule has 0 spiro atoms. The van der Waals surface area contributed by atoms with Crippen molar-refractivity contribution in [3.05, 3.63) is 24.5 Å². The minimum absolute atomic E-state index is 1.10. The SMILES string of the molecule is CCN(CC)[P+](C)(c1ccncc1)N(CC)CC. The first-order valence-electron chi connectivity index (χ1n) is 6.92. The van der Waals surface area contributed by atoms with Crippen molar-refractivity contribution >= 4 is 12.9 Å². The normalized spacial score (nSPS) is 12.4. The van der Waals surface area contributed by atoms with Gasteiger partial charge in [-0.3, -0.25) is 4.98 Å². The summed E-state index contributed by atoms with van der Waals surface area (Å²) in [5, 5.41) is 1.44. The molecule has 0 saturated heterocycles. The third kappa shape index (κ3) is 2.90.